The van der Waals surface area contributed by atoms with Crippen molar-refractivity contribution in [2.45, 2.75) is 32.1 Å². The molecule has 2 rings (SSSR count). The van der Waals surface area contributed by atoms with Crippen LogP contribution in [-0.4, -0.2) is 29.0 Å². The van der Waals surface area contributed by atoms with E-state index in [-0.39, 0.29) is 11.7 Å². The average molecular weight is 195 g/mol. The standard InChI is InChI=1S/C11H17NO2/c13-10-6-7-12(11(10)14)8-9-4-2-1-3-5-9/h6,9,13H,1-5,7-8H2. The van der Waals surface area contributed by atoms with Crippen LogP contribution in [0.4, 0.5) is 0 Å². The van der Waals surface area contributed by atoms with Gasteiger partial charge in [0.2, 0.25) is 0 Å². The van der Waals surface area contributed by atoms with Gasteiger partial charge in [0.1, 0.15) is 0 Å². The smallest absolute Gasteiger partial charge is 0.288 e. The predicted molar refractivity (Wildman–Crippen MR) is 53.9 cm³/mol. The molecule has 2 aliphatic rings. The molecule has 1 aliphatic heterocycles. The van der Waals surface area contributed by atoms with Crippen LogP contribution < -0.4 is 0 Å². The maximum atomic E-state index is 11.4. The summed E-state index contributed by atoms with van der Waals surface area (Å²) >= 11 is 0. The van der Waals surface area contributed by atoms with Crippen LogP contribution in [-0.2, 0) is 4.79 Å². The quantitative estimate of drug-likeness (QED) is 0.730. The van der Waals surface area contributed by atoms with Crippen LogP contribution in [0.1, 0.15) is 32.1 Å². The summed E-state index contributed by atoms with van der Waals surface area (Å²) in [6.45, 7) is 1.43. The van der Waals surface area contributed by atoms with Crippen molar-refractivity contribution >= 4 is 5.91 Å². The van der Waals surface area contributed by atoms with E-state index in [0.717, 1.165) is 6.54 Å². The van der Waals surface area contributed by atoms with E-state index in [4.69, 9.17) is 5.11 Å². The van der Waals surface area contributed by atoms with E-state index in [0.29, 0.717) is 12.5 Å². The first-order valence-corrected chi connectivity index (χ1v) is 5.46. The van der Waals surface area contributed by atoms with Crippen molar-refractivity contribution in [3.8, 4) is 0 Å². The van der Waals surface area contributed by atoms with E-state index in [1.807, 2.05) is 0 Å². The van der Waals surface area contributed by atoms with Crippen molar-refractivity contribution in [3.05, 3.63) is 11.8 Å². The summed E-state index contributed by atoms with van der Waals surface area (Å²) in [6.07, 6.45) is 8.02. The van der Waals surface area contributed by atoms with E-state index in [1.165, 1.54) is 32.1 Å². The Morgan fingerprint density at radius 2 is 2.07 bits per heavy atom. The van der Waals surface area contributed by atoms with E-state index in [1.54, 1.807) is 11.0 Å². The molecule has 1 aliphatic carbocycles. The third kappa shape index (κ3) is 1.91. The third-order valence-electron chi connectivity index (χ3n) is 3.21. The Bertz CT molecular complexity index is 254. The zero-order valence-electron chi connectivity index (χ0n) is 8.41. The number of amides is 1. The van der Waals surface area contributed by atoms with Gasteiger partial charge in [0.25, 0.3) is 5.91 Å². The molecule has 1 heterocycles. The maximum absolute atomic E-state index is 11.4. The molecule has 78 valence electrons. The third-order valence-corrected chi connectivity index (χ3v) is 3.21. The fraction of sp³-hybridized carbons (Fsp3) is 0.727. The van der Waals surface area contributed by atoms with Gasteiger partial charge in [-0.3, -0.25) is 4.79 Å². The fourth-order valence-electron chi connectivity index (χ4n) is 2.37. The van der Waals surface area contributed by atoms with Crippen molar-refractivity contribution in [2.24, 2.45) is 5.92 Å². The number of aliphatic hydroxyl groups is 1. The van der Waals surface area contributed by atoms with Crippen molar-refractivity contribution in [3.63, 3.8) is 0 Å². The maximum Gasteiger partial charge on any atom is 0.288 e. The SMILES string of the molecule is O=C1C(O)=CCN1CC1CCCCC1. The molecule has 1 N–H and O–H groups in total. The molecule has 1 saturated carbocycles. The topological polar surface area (TPSA) is 40.5 Å². The lowest BCUT2D eigenvalue weighted by molar-refractivity contribution is -0.128. The van der Waals surface area contributed by atoms with Gasteiger partial charge in [-0.25, -0.2) is 0 Å². The van der Waals surface area contributed by atoms with Crippen molar-refractivity contribution < 1.29 is 9.90 Å². The van der Waals surface area contributed by atoms with Crippen molar-refractivity contribution in [1.29, 1.82) is 0 Å². The van der Waals surface area contributed by atoms with Crippen LogP contribution in [0.25, 0.3) is 0 Å². The second kappa shape index (κ2) is 4.03. The number of aliphatic hydroxyl groups excluding tert-OH is 1. The minimum atomic E-state index is -0.185. The molecule has 0 spiro atoms. The molecule has 0 unspecified atom stereocenters. The van der Waals surface area contributed by atoms with Crippen molar-refractivity contribution in [1.82, 2.24) is 4.90 Å². The Kier molecular flexibility index (Phi) is 2.75. The minimum Gasteiger partial charge on any atom is -0.503 e. The molecule has 0 aromatic carbocycles. The van der Waals surface area contributed by atoms with Crippen LogP contribution in [0.3, 0.4) is 0 Å². The molecule has 3 nitrogen and oxygen atoms in total. The highest BCUT2D eigenvalue weighted by atomic mass is 16.3. The molecule has 0 radical (unpaired) electrons. The number of hydrogen-bond acceptors (Lipinski definition) is 2. The summed E-state index contributed by atoms with van der Waals surface area (Å²) < 4.78 is 0. The van der Waals surface area contributed by atoms with Gasteiger partial charge < -0.3 is 10.0 Å². The lowest BCUT2D eigenvalue weighted by Crippen LogP contribution is -2.33. The first kappa shape index (κ1) is 9.56. The molecule has 3 heteroatoms. The van der Waals surface area contributed by atoms with Crippen LogP contribution in [0.15, 0.2) is 11.8 Å². The van der Waals surface area contributed by atoms with Crippen LogP contribution in [0, 0.1) is 5.92 Å². The lowest BCUT2D eigenvalue weighted by Gasteiger charge is -2.26. The number of rotatable bonds is 2. The van der Waals surface area contributed by atoms with E-state index < -0.39 is 0 Å². The summed E-state index contributed by atoms with van der Waals surface area (Å²) in [5, 5.41) is 9.17. The minimum absolute atomic E-state index is 0.0687. The van der Waals surface area contributed by atoms with Gasteiger partial charge >= 0.3 is 0 Å². The predicted octanol–water partition coefficient (Wildman–Crippen LogP) is 1.85. The number of hydrogen-bond donors (Lipinski definition) is 1. The van der Waals surface area contributed by atoms with Gasteiger partial charge in [-0.15, -0.1) is 0 Å². The summed E-state index contributed by atoms with van der Waals surface area (Å²) in [7, 11) is 0. The van der Waals surface area contributed by atoms with Gasteiger partial charge in [-0.1, -0.05) is 19.3 Å². The molecule has 1 amide bonds. The molecule has 1 fully saturated rings. The first-order valence-electron chi connectivity index (χ1n) is 5.46. The van der Waals surface area contributed by atoms with E-state index >= 15 is 0 Å². The summed E-state index contributed by atoms with van der Waals surface area (Å²) in [5.41, 5.74) is 0. The van der Waals surface area contributed by atoms with Gasteiger partial charge in [0.15, 0.2) is 5.76 Å². The van der Waals surface area contributed by atoms with Crippen molar-refractivity contribution in [2.75, 3.05) is 13.1 Å². The Morgan fingerprint density at radius 3 is 2.64 bits per heavy atom. The summed E-state index contributed by atoms with van der Waals surface area (Å²) in [5.74, 6) is 0.406. The van der Waals surface area contributed by atoms with Gasteiger partial charge in [-0.2, -0.15) is 0 Å². The van der Waals surface area contributed by atoms with Crippen LogP contribution in [0.5, 0.6) is 0 Å². The first-order chi connectivity index (χ1) is 6.77. The molecular formula is C11H17NO2. The van der Waals surface area contributed by atoms with Crippen LogP contribution >= 0.6 is 0 Å². The average Bonchev–Trinajstić information content (AvgIpc) is 2.52. The normalized spacial score (nSPS) is 24.1. The summed E-state index contributed by atoms with van der Waals surface area (Å²) in [4.78, 5) is 13.1. The fourth-order valence-corrected chi connectivity index (χ4v) is 2.37. The van der Waals surface area contributed by atoms with E-state index in [9.17, 15) is 4.79 Å². The Labute approximate surface area is 84.4 Å². The largest absolute Gasteiger partial charge is 0.503 e. The second-order valence-corrected chi connectivity index (χ2v) is 4.30. The monoisotopic (exact) mass is 195 g/mol. The molecule has 0 aromatic rings. The number of nitrogens with zero attached hydrogens (tertiary/aromatic N) is 1. The summed E-state index contributed by atoms with van der Waals surface area (Å²) in [6, 6.07) is 0. The highest BCUT2D eigenvalue weighted by molar-refractivity contribution is 5.93. The van der Waals surface area contributed by atoms with Gasteiger partial charge in [-0.05, 0) is 24.8 Å². The van der Waals surface area contributed by atoms with Gasteiger partial charge in [0.05, 0.1) is 0 Å². The molecular weight excluding hydrogens is 178 g/mol. The Morgan fingerprint density at radius 1 is 1.36 bits per heavy atom. The molecule has 0 bridgehead atoms. The second-order valence-electron chi connectivity index (χ2n) is 4.30. The van der Waals surface area contributed by atoms with Crippen LogP contribution in [0.2, 0.25) is 0 Å². The molecule has 0 atom stereocenters. The zero-order chi connectivity index (χ0) is 9.97. The Balaban J connectivity index is 1.83. The Hall–Kier alpha value is -0.990. The van der Waals surface area contributed by atoms with E-state index in [2.05, 4.69) is 0 Å². The lowest BCUT2D eigenvalue weighted by atomic mass is 9.89. The zero-order valence-corrected chi connectivity index (χ0v) is 8.41. The molecule has 0 aromatic heterocycles. The number of carbonyl (C=O) groups is 1. The number of carbonyl (C=O) groups excluding carboxylic acids is 1. The van der Waals surface area contributed by atoms with Gasteiger partial charge in [0, 0.05) is 13.1 Å². The molecule has 14 heavy (non-hydrogen) atoms. The molecule has 0 saturated heterocycles. The highest BCUT2D eigenvalue weighted by Crippen LogP contribution is 2.25. The highest BCUT2D eigenvalue weighted by Gasteiger charge is 2.26.